The molecule has 22 heavy (non-hydrogen) atoms. The van der Waals surface area contributed by atoms with Gasteiger partial charge < -0.3 is 15.6 Å². The number of aromatic nitrogens is 1. The SMILES string of the molecule is CCN(c1ccccc1)c1c(C(N)=O)[nH]c2ccc(Cl)cc12. The number of amides is 1. The summed E-state index contributed by atoms with van der Waals surface area (Å²) in [5.41, 5.74) is 8.54. The molecule has 0 spiro atoms. The van der Waals surface area contributed by atoms with Gasteiger partial charge in [-0.25, -0.2) is 0 Å². The molecule has 4 nitrogen and oxygen atoms in total. The lowest BCUT2D eigenvalue weighted by atomic mass is 10.1. The fourth-order valence-corrected chi connectivity index (χ4v) is 2.86. The number of carbonyl (C=O) groups is 1. The minimum Gasteiger partial charge on any atom is -0.364 e. The summed E-state index contributed by atoms with van der Waals surface area (Å²) < 4.78 is 0. The third-order valence-electron chi connectivity index (χ3n) is 3.63. The maximum absolute atomic E-state index is 11.9. The highest BCUT2D eigenvalue weighted by Crippen LogP contribution is 2.36. The summed E-state index contributed by atoms with van der Waals surface area (Å²) in [4.78, 5) is 17.0. The molecule has 3 rings (SSSR count). The molecule has 0 aliphatic carbocycles. The monoisotopic (exact) mass is 313 g/mol. The van der Waals surface area contributed by atoms with Crippen LogP contribution in [0.3, 0.4) is 0 Å². The number of rotatable bonds is 4. The van der Waals surface area contributed by atoms with Crippen LogP contribution in [0.15, 0.2) is 48.5 Å². The highest BCUT2D eigenvalue weighted by atomic mass is 35.5. The standard InChI is InChI=1S/C17H16ClN3O/c1-2-21(12-6-4-3-5-7-12)16-13-10-11(18)8-9-14(13)20-15(16)17(19)22/h3-10,20H,2H2,1H3,(H2,19,22). The van der Waals surface area contributed by atoms with Crippen molar-refractivity contribution in [1.29, 1.82) is 0 Å². The smallest absolute Gasteiger partial charge is 0.267 e. The van der Waals surface area contributed by atoms with E-state index in [0.717, 1.165) is 22.3 Å². The number of fused-ring (bicyclic) bond motifs is 1. The van der Waals surface area contributed by atoms with Crippen LogP contribution < -0.4 is 10.6 Å². The van der Waals surface area contributed by atoms with Crippen molar-refractivity contribution in [1.82, 2.24) is 4.98 Å². The van der Waals surface area contributed by atoms with Crippen LogP contribution in [0.5, 0.6) is 0 Å². The number of aromatic amines is 1. The average Bonchev–Trinajstić information content (AvgIpc) is 2.88. The Hall–Kier alpha value is -2.46. The number of H-pyrrole nitrogens is 1. The second-order valence-electron chi connectivity index (χ2n) is 4.98. The van der Waals surface area contributed by atoms with Crippen molar-refractivity contribution >= 4 is 39.8 Å². The van der Waals surface area contributed by atoms with Crippen molar-refractivity contribution in [2.24, 2.45) is 5.73 Å². The highest BCUT2D eigenvalue weighted by Gasteiger charge is 2.21. The number of para-hydroxylation sites is 1. The van der Waals surface area contributed by atoms with Gasteiger partial charge in [-0.1, -0.05) is 29.8 Å². The predicted octanol–water partition coefficient (Wildman–Crippen LogP) is 4.08. The lowest BCUT2D eigenvalue weighted by Gasteiger charge is -2.23. The van der Waals surface area contributed by atoms with E-state index in [1.165, 1.54) is 0 Å². The van der Waals surface area contributed by atoms with E-state index in [1.807, 2.05) is 49.4 Å². The van der Waals surface area contributed by atoms with Gasteiger partial charge in [0.05, 0.1) is 5.69 Å². The van der Waals surface area contributed by atoms with Crippen LogP contribution in [-0.2, 0) is 0 Å². The molecule has 112 valence electrons. The molecule has 1 aromatic heterocycles. The van der Waals surface area contributed by atoms with E-state index in [9.17, 15) is 4.79 Å². The molecular weight excluding hydrogens is 298 g/mol. The zero-order valence-electron chi connectivity index (χ0n) is 12.1. The predicted molar refractivity (Wildman–Crippen MR) is 90.9 cm³/mol. The Kier molecular flexibility index (Phi) is 3.77. The molecule has 0 unspecified atom stereocenters. The van der Waals surface area contributed by atoms with E-state index in [4.69, 9.17) is 17.3 Å². The Morgan fingerprint density at radius 2 is 1.95 bits per heavy atom. The minimum atomic E-state index is -0.489. The fraction of sp³-hybridized carbons (Fsp3) is 0.118. The molecule has 2 aromatic carbocycles. The van der Waals surface area contributed by atoms with E-state index in [-0.39, 0.29) is 0 Å². The van der Waals surface area contributed by atoms with Gasteiger partial charge in [0.25, 0.3) is 5.91 Å². The zero-order chi connectivity index (χ0) is 15.7. The molecule has 0 saturated carbocycles. The van der Waals surface area contributed by atoms with E-state index < -0.39 is 5.91 Å². The number of benzene rings is 2. The summed E-state index contributed by atoms with van der Waals surface area (Å²) in [6.07, 6.45) is 0. The van der Waals surface area contributed by atoms with Gasteiger partial charge in [0.15, 0.2) is 0 Å². The van der Waals surface area contributed by atoms with E-state index in [0.29, 0.717) is 17.3 Å². The maximum Gasteiger partial charge on any atom is 0.267 e. The van der Waals surface area contributed by atoms with Gasteiger partial charge in [0.2, 0.25) is 0 Å². The zero-order valence-corrected chi connectivity index (χ0v) is 12.9. The second kappa shape index (κ2) is 5.73. The number of hydrogen-bond acceptors (Lipinski definition) is 2. The molecule has 1 amide bonds. The normalized spacial score (nSPS) is 10.8. The van der Waals surface area contributed by atoms with E-state index in [1.54, 1.807) is 6.07 Å². The third kappa shape index (κ3) is 2.42. The number of nitrogens with one attached hydrogen (secondary N) is 1. The molecule has 5 heteroatoms. The van der Waals surface area contributed by atoms with Gasteiger partial charge in [-0.3, -0.25) is 4.79 Å². The summed E-state index contributed by atoms with van der Waals surface area (Å²) in [6.45, 7) is 2.73. The number of nitrogens with two attached hydrogens (primary N) is 1. The molecule has 0 saturated heterocycles. The minimum absolute atomic E-state index is 0.392. The first-order valence-corrected chi connectivity index (χ1v) is 7.43. The number of nitrogens with zero attached hydrogens (tertiary/aromatic N) is 1. The van der Waals surface area contributed by atoms with Gasteiger partial charge in [-0.15, -0.1) is 0 Å². The van der Waals surface area contributed by atoms with Gasteiger partial charge in [-0.05, 0) is 37.3 Å². The van der Waals surface area contributed by atoms with Crippen molar-refractivity contribution in [3.63, 3.8) is 0 Å². The first-order chi connectivity index (χ1) is 10.6. The van der Waals surface area contributed by atoms with Crippen LogP contribution in [0.4, 0.5) is 11.4 Å². The van der Waals surface area contributed by atoms with Crippen LogP contribution in [0.1, 0.15) is 17.4 Å². The molecule has 3 aromatic rings. The van der Waals surface area contributed by atoms with Crippen molar-refractivity contribution in [3.8, 4) is 0 Å². The molecule has 0 atom stereocenters. The molecule has 1 heterocycles. The van der Waals surface area contributed by atoms with Crippen molar-refractivity contribution in [2.45, 2.75) is 6.92 Å². The van der Waals surface area contributed by atoms with E-state index in [2.05, 4.69) is 9.88 Å². The summed E-state index contributed by atoms with van der Waals surface area (Å²) in [6, 6.07) is 15.4. The van der Waals surface area contributed by atoms with E-state index >= 15 is 0 Å². The van der Waals surface area contributed by atoms with Gasteiger partial charge in [-0.2, -0.15) is 0 Å². The third-order valence-corrected chi connectivity index (χ3v) is 3.87. The summed E-state index contributed by atoms with van der Waals surface area (Å²) in [5.74, 6) is -0.489. The van der Waals surface area contributed by atoms with Crippen LogP contribution in [0, 0.1) is 0 Å². The topological polar surface area (TPSA) is 62.1 Å². The lowest BCUT2D eigenvalue weighted by Crippen LogP contribution is -2.21. The maximum atomic E-state index is 11.9. The molecule has 0 radical (unpaired) electrons. The van der Waals surface area contributed by atoms with Crippen LogP contribution in [0.2, 0.25) is 5.02 Å². The largest absolute Gasteiger partial charge is 0.364 e. The Labute approximate surface area is 133 Å². The molecule has 0 bridgehead atoms. The molecule has 3 N–H and O–H groups in total. The van der Waals surface area contributed by atoms with Crippen LogP contribution in [-0.4, -0.2) is 17.4 Å². The first-order valence-electron chi connectivity index (χ1n) is 7.05. The fourth-order valence-electron chi connectivity index (χ4n) is 2.69. The quantitative estimate of drug-likeness (QED) is 0.762. The number of halogens is 1. The average molecular weight is 314 g/mol. The molecule has 0 aliphatic heterocycles. The van der Waals surface area contributed by atoms with Gasteiger partial charge in [0, 0.05) is 28.2 Å². The summed E-state index contributed by atoms with van der Waals surface area (Å²) in [7, 11) is 0. The first kappa shape index (κ1) is 14.5. The second-order valence-corrected chi connectivity index (χ2v) is 5.42. The van der Waals surface area contributed by atoms with Crippen LogP contribution >= 0.6 is 11.6 Å². The Morgan fingerprint density at radius 1 is 1.23 bits per heavy atom. The number of carbonyl (C=O) groups excluding carboxylic acids is 1. The number of hydrogen-bond donors (Lipinski definition) is 2. The Bertz CT molecular complexity index is 827. The van der Waals surface area contributed by atoms with Crippen molar-refractivity contribution in [3.05, 3.63) is 59.2 Å². The lowest BCUT2D eigenvalue weighted by molar-refractivity contribution is 0.0997. The number of anilines is 2. The van der Waals surface area contributed by atoms with Gasteiger partial charge >= 0.3 is 0 Å². The molecule has 0 fully saturated rings. The van der Waals surface area contributed by atoms with Crippen LogP contribution in [0.25, 0.3) is 10.9 Å². The van der Waals surface area contributed by atoms with Crippen molar-refractivity contribution in [2.75, 3.05) is 11.4 Å². The highest BCUT2D eigenvalue weighted by molar-refractivity contribution is 6.31. The van der Waals surface area contributed by atoms with Gasteiger partial charge in [0.1, 0.15) is 5.69 Å². The van der Waals surface area contributed by atoms with Crippen molar-refractivity contribution < 1.29 is 4.79 Å². The summed E-state index contributed by atoms with van der Waals surface area (Å²) in [5, 5.41) is 1.50. The summed E-state index contributed by atoms with van der Waals surface area (Å²) >= 11 is 6.12. The Balaban J connectivity index is 2.29. The number of primary amides is 1. The Morgan fingerprint density at radius 3 is 2.59 bits per heavy atom. The molecule has 0 aliphatic rings. The molecular formula is C17H16ClN3O.